The van der Waals surface area contributed by atoms with Crippen molar-refractivity contribution in [2.75, 3.05) is 39.6 Å². The number of carbonyl (C=O) groups excluding carboxylic acids is 4. The molecule has 80 heavy (non-hydrogen) atoms. The smallest absolute Gasteiger partial charge is 0.462 e. The van der Waals surface area contributed by atoms with E-state index in [0.29, 0.717) is 25.7 Å². The maximum Gasteiger partial charge on any atom is 0.472 e. The van der Waals surface area contributed by atoms with Gasteiger partial charge in [-0.3, -0.25) is 37.3 Å². The molecule has 0 amide bonds. The average molecular weight is 1190 g/mol. The molecule has 0 aliphatic carbocycles. The van der Waals surface area contributed by atoms with E-state index >= 15 is 0 Å². The number of unbranched alkanes of at least 4 members (excludes halogenated alkanes) is 33. The number of phosphoric acid groups is 2. The van der Waals surface area contributed by atoms with Gasteiger partial charge in [0.1, 0.15) is 19.3 Å². The lowest BCUT2D eigenvalue weighted by Gasteiger charge is -2.21. The normalized spacial score (nSPS) is 14.3. The highest BCUT2D eigenvalue weighted by atomic mass is 31.2. The molecule has 0 rings (SSSR count). The first-order valence-corrected chi connectivity index (χ1v) is 35.1. The lowest BCUT2D eigenvalue weighted by Crippen LogP contribution is -2.30. The number of phosphoric ester groups is 2. The van der Waals surface area contributed by atoms with Gasteiger partial charge in [-0.1, -0.05) is 253 Å². The topological polar surface area (TPSA) is 237 Å². The van der Waals surface area contributed by atoms with Crippen LogP contribution in [0, 0.1) is 5.92 Å². The fourth-order valence-corrected chi connectivity index (χ4v) is 10.6. The highest BCUT2D eigenvalue weighted by Crippen LogP contribution is 2.45. The van der Waals surface area contributed by atoms with Crippen LogP contribution in [-0.2, 0) is 65.4 Å². The van der Waals surface area contributed by atoms with E-state index in [9.17, 15) is 43.2 Å². The molecule has 0 saturated carbocycles. The number of hydrogen-bond donors (Lipinski definition) is 3. The molecule has 0 aromatic heterocycles. The van der Waals surface area contributed by atoms with E-state index in [-0.39, 0.29) is 25.7 Å². The van der Waals surface area contributed by atoms with Gasteiger partial charge < -0.3 is 33.8 Å². The zero-order chi connectivity index (χ0) is 59.2. The van der Waals surface area contributed by atoms with Gasteiger partial charge in [0.05, 0.1) is 26.4 Å². The van der Waals surface area contributed by atoms with Crippen LogP contribution in [-0.4, -0.2) is 96.7 Å². The Hall–Kier alpha value is -1.94. The van der Waals surface area contributed by atoms with Gasteiger partial charge >= 0.3 is 39.5 Å². The van der Waals surface area contributed by atoms with Crippen molar-refractivity contribution in [1.29, 1.82) is 0 Å². The molecular formula is C61H118O17P2. The van der Waals surface area contributed by atoms with Crippen molar-refractivity contribution in [2.24, 2.45) is 5.92 Å². The van der Waals surface area contributed by atoms with Gasteiger partial charge in [-0.25, -0.2) is 9.13 Å². The van der Waals surface area contributed by atoms with E-state index in [2.05, 4.69) is 34.6 Å². The Labute approximate surface area is 486 Å². The van der Waals surface area contributed by atoms with Crippen LogP contribution in [0.15, 0.2) is 0 Å². The molecule has 19 heteroatoms. The van der Waals surface area contributed by atoms with Crippen molar-refractivity contribution in [2.45, 2.75) is 323 Å². The summed E-state index contributed by atoms with van der Waals surface area (Å²) in [5.41, 5.74) is 0. The zero-order valence-electron chi connectivity index (χ0n) is 51.2. The Morgan fingerprint density at radius 2 is 0.575 bits per heavy atom. The molecule has 3 N–H and O–H groups in total. The van der Waals surface area contributed by atoms with Crippen LogP contribution in [0.1, 0.15) is 304 Å². The third-order valence-corrected chi connectivity index (χ3v) is 15.9. The summed E-state index contributed by atoms with van der Waals surface area (Å²) in [6.07, 6.45) is 37.9. The van der Waals surface area contributed by atoms with Crippen LogP contribution in [0.2, 0.25) is 0 Å². The van der Waals surface area contributed by atoms with Crippen molar-refractivity contribution in [3.63, 3.8) is 0 Å². The Kier molecular flexibility index (Phi) is 53.6. The van der Waals surface area contributed by atoms with Crippen LogP contribution in [0.3, 0.4) is 0 Å². The molecule has 474 valence electrons. The Morgan fingerprint density at radius 3 is 0.850 bits per heavy atom. The molecule has 0 saturated heterocycles. The predicted molar refractivity (Wildman–Crippen MR) is 317 cm³/mol. The van der Waals surface area contributed by atoms with Gasteiger partial charge in [0.25, 0.3) is 0 Å². The second-order valence-electron chi connectivity index (χ2n) is 22.6. The lowest BCUT2D eigenvalue weighted by atomic mass is 10.0. The largest absolute Gasteiger partial charge is 0.472 e. The van der Waals surface area contributed by atoms with Crippen molar-refractivity contribution >= 4 is 39.5 Å². The number of ether oxygens (including phenoxy) is 4. The second kappa shape index (κ2) is 55.0. The third kappa shape index (κ3) is 55.3. The monoisotopic (exact) mass is 1180 g/mol. The van der Waals surface area contributed by atoms with E-state index in [0.717, 1.165) is 102 Å². The maximum atomic E-state index is 12.9. The molecule has 0 aromatic carbocycles. The number of hydrogen-bond acceptors (Lipinski definition) is 15. The van der Waals surface area contributed by atoms with E-state index in [1.807, 2.05) is 0 Å². The first kappa shape index (κ1) is 78.1. The van der Waals surface area contributed by atoms with Crippen molar-refractivity contribution < 1.29 is 80.2 Å². The maximum absolute atomic E-state index is 12.9. The summed E-state index contributed by atoms with van der Waals surface area (Å²) in [5, 5.41) is 10.5. The molecule has 0 aliphatic heterocycles. The van der Waals surface area contributed by atoms with E-state index in [4.69, 9.17) is 37.0 Å². The number of carbonyl (C=O) groups is 4. The molecule has 0 fully saturated rings. The summed E-state index contributed by atoms with van der Waals surface area (Å²) < 4.78 is 67.7. The fourth-order valence-electron chi connectivity index (χ4n) is 9.05. The van der Waals surface area contributed by atoms with Crippen LogP contribution in [0.25, 0.3) is 0 Å². The van der Waals surface area contributed by atoms with Gasteiger partial charge in [0, 0.05) is 25.7 Å². The lowest BCUT2D eigenvalue weighted by molar-refractivity contribution is -0.161. The first-order chi connectivity index (χ1) is 38.5. The Morgan fingerprint density at radius 1 is 0.338 bits per heavy atom. The van der Waals surface area contributed by atoms with Crippen molar-refractivity contribution in [3.8, 4) is 0 Å². The highest BCUT2D eigenvalue weighted by molar-refractivity contribution is 7.47. The molecule has 0 spiro atoms. The van der Waals surface area contributed by atoms with Gasteiger partial charge in [-0.15, -0.1) is 0 Å². The Balaban J connectivity index is 5.18. The Bertz CT molecular complexity index is 1570. The summed E-state index contributed by atoms with van der Waals surface area (Å²) in [4.78, 5) is 71.8. The van der Waals surface area contributed by atoms with Crippen molar-refractivity contribution in [1.82, 2.24) is 0 Å². The first-order valence-electron chi connectivity index (χ1n) is 32.1. The molecule has 0 bridgehead atoms. The third-order valence-electron chi connectivity index (χ3n) is 14.0. The number of aliphatic hydroxyl groups is 1. The summed E-state index contributed by atoms with van der Waals surface area (Å²) in [6, 6.07) is 0. The van der Waals surface area contributed by atoms with E-state index < -0.39 is 97.5 Å². The molecule has 5 atom stereocenters. The molecule has 17 nitrogen and oxygen atoms in total. The highest BCUT2D eigenvalue weighted by Gasteiger charge is 2.30. The molecule has 0 aliphatic rings. The minimum atomic E-state index is -4.94. The molecule has 0 radical (unpaired) electrons. The van der Waals surface area contributed by atoms with Gasteiger partial charge in [0.15, 0.2) is 12.2 Å². The van der Waals surface area contributed by atoms with Gasteiger partial charge in [-0.05, 0) is 31.6 Å². The molecule has 0 aromatic rings. The van der Waals surface area contributed by atoms with Crippen LogP contribution < -0.4 is 0 Å². The van der Waals surface area contributed by atoms with E-state index in [1.54, 1.807) is 0 Å². The van der Waals surface area contributed by atoms with Crippen LogP contribution >= 0.6 is 15.6 Å². The summed E-state index contributed by atoms with van der Waals surface area (Å²) in [7, 11) is -9.87. The average Bonchev–Trinajstić information content (AvgIpc) is 3.42. The number of rotatable bonds is 61. The van der Waals surface area contributed by atoms with E-state index in [1.165, 1.54) is 122 Å². The SMILES string of the molecule is CCCCCCCCCCCCCCCC(=O)OC[C@H](COP(=O)(O)OC[C@@H](O)COP(=O)(O)OC[C@@H](COC(=O)CCCCCCC)OC(=O)CCCCCCCCCCC)OC(=O)CCCCCCCCCCCCC(C)C. The second-order valence-corrected chi connectivity index (χ2v) is 25.5. The molecule has 2 unspecified atom stereocenters. The molecule has 0 heterocycles. The number of esters is 4. The standard InChI is InChI=1S/C61H118O17P2/c1-6-9-12-15-17-19-20-21-22-27-30-35-40-45-59(64)72-51-57(78-61(66)47-42-37-32-28-24-23-26-29-34-38-43-54(4)5)53-76-80(69,70)74-49-55(62)48-73-79(67,68)75-52-56(50-71-58(63)44-39-33-14-11-8-3)77-60(65)46-41-36-31-25-18-16-13-10-7-2/h54-57,62H,6-53H2,1-5H3,(H,67,68)(H,69,70)/t55-,56+,57+/m0/s1. The fraction of sp³-hybridized carbons (Fsp3) is 0.934. The zero-order valence-corrected chi connectivity index (χ0v) is 53.0. The van der Waals surface area contributed by atoms with Crippen LogP contribution in [0.4, 0.5) is 0 Å². The minimum absolute atomic E-state index is 0.105. The van der Waals surface area contributed by atoms with Gasteiger partial charge in [0.2, 0.25) is 0 Å². The predicted octanol–water partition coefficient (Wildman–Crippen LogP) is 16.6. The van der Waals surface area contributed by atoms with Crippen LogP contribution in [0.5, 0.6) is 0 Å². The summed E-state index contributed by atoms with van der Waals surface area (Å²) >= 11 is 0. The minimum Gasteiger partial charge on any atom is -0.462 e. The summed E-state index contributed by atoms with van der Waals surface area (Å²) in [5.74, 6) is -1.40. The summed E-state index contributed by atoms with van der Waals surface area (Å²) in [6.45, 7) is 7.06. The quantitative estimate of drug-likeness (QED) is 0.0222. The molecular weight excluding hydrogens is 1070 g/mol. The number of aliphatic hydroxyl groups excluding tert-OH is 1. The van der Waals surface area contributed by atoms with Crippen molar-refractivity contribution in [3.05, 3.63) is 0 Å². The van der Waals surface area contributed by atoms with Gasteiger partial charge in [-0.2, -0.15) is 0 Å².